The summed E-state index contributed by atoms with van der Waals surface area (Å²) in [6.07, 6.45) is 9.04. The van der Waals surface area contributed by atoms with Crippen molar-refractivity contribution in [1.82, 2.24) is 9.13 Å². The third-order valence-electron chi connectivity index (χ3n) is 14.2. The lowest BCUT2D eigenvalue weighted by Gasteiger charge is -2.36. The second-order valence-corrected chi connectivity index (χ2v) is 17.9. The van der Waals surface area contributed by atoms with E-state index in [1.807, 2.05) is 6.07 Å². The van der Waals surface area contributed by atoms with E-state index in [0.717, 1.165) is 51.8 Å². The summed E-state index contributed by atoms with van der Waals surface area (Å²) in [5, 5.41) is 25.4. The highest BCUT2D eigenvalue weighted by atomic mass is 15.0. The van der Waals surface area contributed by atoms with Crippen LogP contribution in [0.4, 0.5) is 0 Å². The van der Waals surface area contributed by atoms with Crippen molar-refractivity contribution in [2.24, 2.45) is 0 Å². The van der Waals surface area contributed by atoms with Gasteiger partial charge in [0, 0.05) is 44.8 Å². The number of allylic oxidation sites excluding steroid dienone is 4. The zero-order valence-corrected chi connectivity index (χ0v) is 36.6. The Bertz CT molecular complexity index is 3780. The van der Waals surface area contributed by atoms with Crippen LogP contribution in [0.2, 0.25) is 0 Å². The van der Waals surface area contributed by atoms with Crippen LogP contribution in [0.1, 0.15) is 81.7 Å². The first-order valence-corrected chi connectivity index (χ1v) is 22.6. The number of fused-ring (bicyclic) bond motifs is 8. The first kappa shape index (κ1) is 38.5. The van der Waals surface area contributed by atoms with Crippen molar-refractivity contribution >= 4 is 49.3 Å². The Kier molecular flexibility index (Phi) is 8.87. The molecule has 2 heterocycles. The average molecular weight is 833 g/mol. The van der Waals surface area contributed by atoms with E-state index in [1.165, 1.54) is 77.2 Å². The van der Waals surface area contributed by atoms with Crippen LogP contribution in [-0.2, 0) is 0 Å². The molecule has 12 rings (SSSR count). The normalized spacial score (nSPS) is 15.5. The molecule has 0 spiro atoms. The molecule has 8 aromatic carbocycles. The molecule has 0 N–H and O–H groups in total. The minimum atomic E-state index is -0.114. The van der Waals surface area contributed by atoms with Gasteiger partial charge in [0.05, 0.1) is 45.3 Å². The van der Waals surface area contributed by atoms with Gasteiger partial charge in [-0.15, -0.1) is 0 Å². The maximum atomic E-state index is 10.5. The summed E-state index contributed by atoms with van der Waals surface area (Å²) < 4.78 is 4.79. The van der Waals surface area contributed by atoms with Crippen molar-refractivity contribution in [2.75, 3.05) is 0 Å². The highest BCUT2D eigenvalue weighted by Crippen LogP contribution is 2.51. The number of hydrogen-bond donors (Lipinski definition) is 0. The fraction of sp³-hybridized carbons (Fsp3) is 0.115. The van der Waals surface area contributed by atoms with E-state index in [2.05, 4.69) is 212 Å². The Labute approximate surface area is 378 Å². The smallest absolute Gasteiger partial charge is 0.0991 e. The zero-order valence-electron chi connectivity index (χ0n) is 36.6. The summed E-state index contributed by atoms with van der Waals surface area (Å²) in [6, 6.07) is 62.0. The number of hydrogen-bond acceptors (Lipinski definition) is 2. The molecular weight excluding hydrogens is 789 g/mol. The van der Waals surface area contributed by atoms with Crippen LogP contribution in [0, 0.1) is 36.5 Å². The Morgan fingerprint density at radius 2 is 1.14 bits per heavy atom. The molecular formula is C61H44N4. The van der Waals surface area contributed by atoms with Gasteiger partial charge in [0.25, 0.3) is 0 Å². The van der Waals surface area contributed by atoms with Crippen molar-refractivity contribution in [1.29, 1.82) is 10.5 Å². The van der Waals surface area contributed by atoms with E-state index in [-0.39, 0.29) is 11.8 Å². The largest absolute Gasteiger partial charge is 0.310 e. The van der Waals surface area contributed by atoms with E-state index in [0.29, 0.717) is 11.1 Å². The quantitative estimate of drug-likeness (QED) is 0.173. The van der Waals surface area contributed by atoms with Crippen molar-refractivity contribution in [3.63, 3.8) is 0 Å². The highest BCUT2D eigenvalue weighted by molar-refractivity contribution is 6.13. The van der Waals surface area contributed by atoms with Gasteiger partial charge < -0.3 is 9.13 Å². The van der Waals surface area contributed by atoms with E-state index in [1.54, 1.807) is 0 Å². The molecule has 0 radical (unpaired) electrons. The number of para-hydroxylation sites is 2. The SMILES string of the molecule is Cc1ccc(C)c(C2c3cc(C#N)ccc3C(C)c3c(-c4ccc(-n5c6ccccc6c6cc(-c7ccc8c(c7)c7ccccc7n8C7=CCCC=C7)ccc65)cc4)cc(C#N)cc32)c1. The molecule has 0 saturated carbocycles. The van der Waals surface area contributed by atoms with E-state index >= 15 is 0 Å². The summed E-state index contributed by atoms with van der Waals surface area (Å²) in [5.41, 5.74) is 21.2. The number of aromatic nitrogens is 2. The molecule has 0 bridgehead atoms. The number of benzene rings is 8. The predicted molar refractivity (Wildman–Crippen MR) is 268 cm³/mol. The van der Waals surface area contributed by atoms with Crippen LogP contribution >= 0.6 is 0 Å². The number of rotatable bonds is 5. The van der Waals surface area contributed by atoms with E-state index < -0.39 is 0 Å². The van der Waals surface area contributed by atoms with Gasteiger partial charge in [-0.05, 0) is 161 Å². The Morgan fingerprint density at radius 1 is 0.508 bits per heavy atom. The molecule has 2 aliphatic rings. The fourth-order valence-electron chi connectivity index (χ4n) is 11.1. The predicted octanol–water partition coefficient (Wildman–Crippen LogP) is 15.4. The minimum Gasteiger partial charge on any atom is -0.310 e. The Balaban J connectivity index is 0.974. The summed E-state index contributed by atoms with van der Waals surface area (Å²) in [7, 11) is 0. The molecule has 0 amide bonds. The average Bonchev–Trinajstić information content (AvgIpc) is 3.87. The van der Waals surface area contributed by atoms with Crippen LogP contribution in [0.15, 0.2) is 176 Å². The first-order valence-electron chi connectivity index (χ1n) is 22.6. The molecule has 0 aliphatic heterocycles. The van der Waals surface area contributed by atoms with Crippen LogP contribution in [0.5, 0.6) is 0 Å². The minimum absolute atomic E-state index is 0.0499. The molecule has 65 heavy (non-hydrogen) atoms. The third kappa shape index (κ3) is 6.02. The molecule has 2 aliphatic carbocycles. The second kappa shape index (κ2) is 15.0. The van der Waals surface area contributed by atoms with Gasteiger partial charge in [0.2, 0.25) is 0 Å². The molecule has 0 fully saturated rings. The molecule has 2 unspecified atom stereocenters. The first-order chi connectivity index (χ1) is 31.9. The zero-order chi connectivity index (χ0) is 43.9. The van der Waals surface area contributed by atoms with Gasteiger partial charge in [-0.3, -0.25) is 0 Å². The molecule has 4 heteroatoms. The molecule has 10 aromatic rings. The van der Waals surface area contributed by atoms with Crippen molar-refractivity contribution < 1.29 is 0 Å². The summed E-state index contributed by atoms with van der Waals surface area (Å²) in [5.74, 6) is -0.0639. The second-order valence-electron chi connectivity index (χ2n) is 17.9. The number of nitrogens with zero attached hydrogens (tertiary/aromatic N) is 4. The molecule has 0 saturated heterocycles. The standard InChI is InChI=1S/C61H44N4/c1-37-17-18-38(2)50(29-37)61-54-30-40(35-62)19-26-47(54)39(3)60-51(31-41(36-63)32-55(60)61)42-20-24-46(25-21-42)65-57-16-10-8-14-49(57)53-34-44(23-28-59(53)65)43-22-27-58-52(33-43)48-13-7-9-15-56(48)64(58)45-11-5-4-6-12-45/h5,7-34,39,61H,4,6H2,1-3H3. The van der Waals surface area contributed by atoms with Crippen molar-refractivity contribution in [3.8, 4) is 40.1 Å². The maximum absolute atomic E-state index is 10.5. The monoisotopic (exact) mass is 832 g/mol. The fourth-order valence-corrected chi connectivity index (χ4v) is 11.1. The molecule has 2 atom stereocenters. The highest BCUT2D eigenvalue weighted by Gasteiger charge is 2.35. The van der Waals surface area contributed by atoms with Gasteiger partial charge in [0.15, 0.2) is 0 Å². The van der Waals surface area contributed by atoms with Crippen LogP contribution in [0.25, 0.3) is 77.2 Å². The summed E-state index contributed by atoms with van der Waals surface area (Å²) in [4.78, 5) is 0. The lowest BCUT2D eigenvalue weighted by Crippen LogP contribution is -2.20. The third-order valence-corrected chi connectivity index (χ3v) is 14.2. The summed E-state index contributed by atoms with van der Waals surface area (Å²) in [6.45, 7) is 6.56. The van der Waals surface area contributed by atoms with Crippen LogP contribution < -0.4 is 0 Å². The Morgan fingerprint density at radius 3 is 1.82 bits per heavy atom. The van der Waals surface area contributed by atoms with Crippen molar-refractivity contribution in [3.05, 3.63) is 226 Å². The lowest BCUT2D eigenvalue weighted by molar-refractivity contribution is 0.791. The van der Waals surface area contributed by atoms with Gasteiger partial charge in [0.1, 0.15) is 0 Å². The lowest BCUT2D eigenvalue weighted by atomic mass is 9.67. The maximum Gasteiger partial charge on any atom is 0.0991 e. The van der Waals surface area contributed by atoms with E-state index in [9.17, 15) is 10.5 Å². The van der Waals surface area contributed by atoms with Crippen LogP contribution in [-0.4, -0.2) is 9.13 Å². The van der Waals surface area contributed by atoms with Crippen LogP contribution in [0.3, 0.4) is 0 Å². The summed E-state index contributed by atoms with van der Waals surface area (Å²) >= 11 is 0. The van der Waals surface area contributed by atoms with Gasteiger partial charge >= 0.3 is 0 Å². The molecule has 2 aromatic heterocycles. The van der Waals surface area contributed by atoms with E-state index in [4.69, 9.17) is 0 Å². The van der Waals surface area contributed by atoms with Gasteiger partial charge in [-0.2, -0.15) is 10.5 Å². The number of nitriles is 2. The topological polar surface area (TPSA) is 57.4 Å². The van der Waals surface area contributed by atoms with Gasteiger partial charge in [-0.25, -0.2) is 0 Å². The Hall–Kier alpha value is -8.18. The molecule has 4 nitrogen and oxygen atoms in total. The van der Waals surface area contributed by atoms with Gasteiger partial charge in [-0.1, -0.05) is 110 Å². The van der Waals surface area contributed by atoms with Crippen molar-refractivity contribution in [2.45, 2.75) is 45.4 Å². The molecule has 308 valence electrons. The number of aryl methyl sites for hydroxylation is 2.